The van der Waals surface area contributed by atoms with Crippen LogP contribution in [0.3, 0.4) is 0 Å². The van der Waals surface area contributed by atoms with Gasteiger partial charge >= 0.3 is 0 Å². The Balaban J connectivity index is 1.86. The maximum absolute atomic E-state index is 5.39. The van der Waals surface area contributed by atoms with Crippen molar-refractivity contribution >= 4 is 11.3 Å². The molecule has 2 aromatic rings. The highest BCUT2D eigenvalue weighted by molar-refractivity contribution is 7.10. The number of hydrogen-bond donors (Lipinski definition) is 1. The first-order chi connectivity index (χ1) is 8.74. The molecule has 0 spiro atoms. The fraction of sp³-hybridized carbons (Fsp3) is 0.500. The quantitative estimate of drug-likeness (QED) is 0.909. The van der Waals surface area contributed by atoms with Gasteiger partial charge in [0.05, 0.1) is 6.54 Å². The van der Waals surface area contributed by atoms with Gasteiger partial charge in [-0.3, -0.25) is 0 Å². The summed E-state index contributed by atoms with van der Waals surface area (Å²) in [6.45, 7) is 1.66. The second-order valence-corrected chi connectivity index (χ2v) is 5.72. The van der Waals surface area contributed by atoms with Crippen LogP contribution in [0.4, 0.5) is 0 Å². The number of nitrogens with one attached hydrogen (secondary N) is 1. The Hall–Kier alpha value is -1.24. The number of aromatic nitrogens is 2. The number of fused-ring (bicyclic) bond motifs is 1. The molecule has 1 N–H and O–H groups in total. The van der Waals surface area contributed by atoms with Crippen LogP contribution in [-0.4, -0.2) is 35.7 Å². The van der Waals surface area contributed by atoms with Gasteiger partial charge < -0.3 is 14.7 Å². The first kappa shape index (κ1) is 11.8. The van der Waals surface area contributed by atoms with E-state index in [2.05, 4.69) is 26.9 Å². The van der Waals surface area contributed by atoms with Gasteiger partial charge in [-0.15, -0.1) is 11.3 Å². The summed E-state index contributed by atoms with van der Waals surface area (Å²) in [5.74, 6) is 1.41. The molecular formula is C12H16N4OS. The maximum Gasteiger partial charge on any atom is 0.248 e. The molecule has 1 unspecified atom stereocenters. The Bertz CT molecular complexity index is 534. The molecule has 3 rings (SSSR count). The van der Waals surface area contributed by atoms with Crippen molar-refractivity contribution in [3.05, 3.63) is 33.6 Å². The number of hydrogen-bond acceptors (Lipinski definition) is 6. The van der Waals surface area contributed by atoms with Crippen molar-refractivity contribution in [2.45, 2.75) is 19.0 Å². The summed E-state index contributed by atoms with van der Waals surface area (Å²) in [6, 6.07) is 2.20. The zero-order valence-electron chi connectivity index (χ0n) is 10.5. The van der Waals surface area contributed by atoms with Gasteiger partial charge in [0.2, 0.25) is 5.89 Å². The lowest BCUT2D eigenvalue weighted by molar-refractivity contribution is 0.330. The highest BCUT2D eigenvalue weighted by atomic mass is 32.1. The first-order valence-corrected chi connectivity index (χ1v) is 6.89. The van der Waals surface area contributed by atoms with E-state index in [4.69, 9.17) is 4.52 Å². The van der Waals surface area contributed by atoms with E-state index < -0.39 is 0 Å². The van der Waals surface area contributed by atoms with E-state index in [0.717, 1.165) is 18.8 Å². The highest BCUT2D eigenvalue weighted by Gasteiger charge is 2.26. The molecule has 0 fully saturated rings. The Morgan fingerprint density at radius 3 is 3.28 bits per heavy atom. The molecule has 0 aliphatic carbocycles. The lowest BCUT2D eigenvalue weighted by atomic mass is 10.0. The summed E-state index contributed by atoms with van der Waals surface area (Å²) >= 11 is 1.80. The van der Waals surface area contributed by atoms with Crippen molar-refractivity contribution in [1.29, 1.82) is 0 Å². The van der Waals surface area contributed by atoms with Crippen LogP contribution in [0.15, 0.2) is 16.0 Å². The van der Waals surface area contributed by atoms with Crippen LogP contribution in [0, 0.1) is 0 Å². The van der Waals surface area contributed by atoms with Crippen LogP contribution in [0.25, 0.3) is 0 Å². The van der Waals surface area contributed by atoms with Crippen LogP contribution in [0.5, 0.6) is 0 Å². The molecule has 18 heavy (non-hydrogen) atoms. The Morgan fingerprint density at radius 2 is 2.44 bits per heavy atom. The lowest BCUT2D eigenvalue weighted by Crippen LogP contribution is -2.29. The van der Waals surface area contributed by atoms with Crippen LogP contribution in [0.2, 0.25) is 0 Å². The third kappa shape index (κ3) is 2.19. The topological polar surface area (TPSA) is 54.2 Å². The van der Waals surface area contributed by atoms with Crippen molar-refractivity contribution in [2.24, 2.45) is 0 Å². The van der Waals surface area contributed by atoms with Crippen LogP contribution >= 0.6 is 11.3 Å². The van der Waals surface area contributed by atoms with Crippen LogP contribution in [-0.2, 0) is 13.0 Å². The molecule has 0 radical (unpaired) electrons. The average molecular weight is 264 g/mol. The van der Waals surface area contributed by atoms with E-state index in [1.807, 2.05) is 19.0 Å². The summed E-state index contributed by atoms with van der Waals surface area (Å²) in [7, 11) is 3.98. The minimum atomic E-state index is 0.0587. The predicted octanol–water partition coefficient (Wildman–Crippen LogP) is 1.43. The van der Waals surface area contributed by atoms with Gasteiger partial charge in [-0.2, -0.15) is 4.98 Å². The monoisotopic (exact) mass is 264 g/mol. The third-order valence-corrected chi connectivity index (χ3v) is 3.98. The Morgan fingerprint density at radius 1 is 1.56 bits per heavy atom. The number of thiophene rings is 1. The van der Waals surface area contributed by atoms with Gasteiger partial charge in [-0.25, -0.2) is 0 Å². The highest BCUT2D eigenvalue weighted by Crippen LogP contribution is 2.31. The molecule has 1 atom stereocenters. The van der Waals surface area contributed by atoms with Gasteiger partial charge in [-0.1, -0.05) is 5.16 Å². The van der Waals surface area contributed by atoms with Crippen molar-refractivity contribution in [3.8, 4) is 0 Å². The van der Waals surface area contributed by atoms with Crippen molar-refractivity contribution in [1.82, 2.24) is 20.4 Å². The summed E-state index contributed by atoms with van der Waals surface area (Å²) in [5.41, 5.74) is 1.28. The van der Waals surface area contributed by atoms with E-state index >= 15 is 0 Å². The lowest BCUT2D eigenvalue weighted by Gasteiger charge is -2.20. The average Bonchev–Trinajstić information content (AvgIpc) is 2.95. The van der Waals surface area contributed by atoms with E-state index in [0.29, 0.717) is 12.4 Å². The van der Waals surface area contributed by atoms with Crippen molar-refractivity contribution in [2.75, 3.05) is 20.6 Å². The molecule has 5 nitrogen and oxygen atoms in total. The minimum Gasteiger partial charge on any atom is -0.337 e. The first-order valence-electron chi connectivity index (χ1n) is 6.01. The van der Waals surface area contributed by atoms with Gasteiger partial charge in [0, 0.05) is 11.4 Å². The fourth-order valence-corrected chi connectivity index (χ4v) is 3.12. The van der Waals surface area contributed by atoms with Crippen LogP contribution < -0.4 is 5.32 Å². The molecule has 1 aliphatic rings. The number of rotatable bonds is 3. The van der Waals surface area contributed by atoms with E-state index in [1.54, 1.807) is 11.3 Å². The van der Waals surface area contributed by atoms with Crippen molar-refractivity contribution in [3.63, 3.8) is 0 Å². The molecule has 6 heteroatoms. The molecule has 0 bridgehead atoms. The molecule has 0 aromatic carbocycles. The van der Waals surface area contributed by atoms with Gasteiger partial charge in [0.1, 0.15) is 6.04 Å². The molecule has 0 amide bonds. The molecule has 0 saturated heterocycles. The third-order valence-electron chi connectivity index (χ3n) is 2.98. The van der Waals surface area contributed by atoms with Crippen molar-refractivity contribution < 1.29 is 4.52 Å². The van der Waals surface area contributed by atoms with E-state index in [1.165, 1.54) is 10.4 Å². The summed E-state index contributed by atoms with van der Waals surface area (Å²) in [4.78, 5) is 7.92. The largest absolute Gasteiger partial charge is 0.337 e. The smallest absolute Gasteiger partial charge is 0.248 e. The summed E-state index contributed by atoms with van der Waals surface area (Å²) in [5, 5.41) is 9.59. The molecular weight excluding hydrogens is 248 g/mol. The zero-order valence-corrected chi connectivity index (χ0v) is 11.3. The second-order valence-electron chi connectivity index (χ2n) is 4.72. The maximum atomic E-state index is 5.39. The Labute approximate surface area is 110 Å². The fourth-order valence-electron chi connectivity index (χ4n) is 2.20. The van der Waals surface area contributed by atoms with Gasteiger partial charge in [0.25, 0.3) is 0 Å². The molecule has 3 heterocycles. The number of nitrogens with zero attached hydrogens (tertiary/aromatic N) is 3. The summed E-state index contributed by atoms with van der Waals surface area (Å²) in [6.07, 6.45) is 1.09. The molecule has 1 aliphatic heterocycles. The second kappa shape index (κ2) is 4.79. The minimum absolute atomic E-state index is 0.0587. The standard InChI is InChI=1S/C12H16N4OS/c1-16(2)7-10-14-12(17-15-10)11-8-4-6-18-9(8)3-5-13-11/h4,6,11,13H,3,5,7H2,1-2H3. The van der Waals surface area contributed by atoms with Gasteiger partial charge in [0.15, 0.2) is 5.82 Å². The predicted molar refractivity (Wildman–Crippen MR) is 69.6 cm³/mol. The van der Waals surface area contributed by atoms with E-state index in [9.17, 15) is 0 Å². The Kier molecular flexibility index (Phi) is 3.15. The van der Waals surface area contributed by atoms with Crippen LogP contribution in [0.1, 0.15) is 28.2 Å². The van der Waals surface area contributed by atoms with E-state index in [-0.39, 0.29) is 6.04 Å². The molecule has 2 aromatic heterocycles. The molecule has 96 valence electrons. The summed E-state index contributed by atoms with van der Waals surface area (Å²) < 4.78 is 5.39. The molecule has 0 saturated carbocycles. The van der Waals surface area contributed by atoms with Gasteiger partial charge in [-0.05, 0) is 37.5 Å². The zero-order chi connectivity index (χ0) is 12.5. The normalized spacial score (nSPS) is 19.2. The SMILES string of the molecule is CN(C)Cc1noc(C2NCCc3sccc32)n1.